The van der Waals surface area contributed by atoms with Crippen molar-refractivity contribution in [3.63, 3.8) is 0 Å². The van der Waals surface area contributed by atoms with Crippen molar-refractivity contribution in [3.05, 3.63) is 54.1 Å². The van der Waals surface area contributed by atoms with Crippen LogP contribution in [0.4, 0.5) is 11.4 Å². The smallest absolute Gasteiger partial charge is 0.228 e. The van der Waals surface area contributed by atoms with Gasteiger partial charge in [0.25, 0.3) is 0 Å². The number of anilines is 2. The second-order valence-corrected chi connectivity index (χ2v) is 7.90. The van der Waals surface area contributed by atoms with E-state index in [9.17, 15) is 9.59 Å². The molecule has 6 heteroatoms. The zero-order valence-corrected chi connectivity index (χ0v) is 17.7. The van der Waals surface area contributed by atoms with Crippen LogP contribution in [0.5, 0.6) is 5.75 Å². The van der Waals surface area contributed by atoms with Gasteiger partial charge in [-0.1, -0.05) is 30.3 Å². The molecule has 2 aliphatic heterocycles. The predicted octanol–water partition coefficient (Wildman–Crippen LogP) is 3.10. The summed E-state index contributed by atoms with van der Waals surface area (Å²) < 4.78 is 5.68. The summed E-state index contributed by atoms with van der Waals surface area (Å²) in [5.74, 6) is 0.466. The second-order valence-electron chi connectivity index (χ2n) is 7.90. The number of para-hydroxylation sites is 3. The van der Waals surface area contributed by atoms with E-state index in [0.717, 1.165) is 18.8 Å². The van der Waals surface area contributed by atoms with Crippen molar-refractivity contribution < 1.29 is 14.3 Å². The number of amides is 2. The van der Waals surface area contributed by atoms with Gasteiger partial charge >= 0.3 is 0 Å². The summed E-state index contributed by atoms with van der Waals surface area (Å²) in [6.45, 7) is 7.99. The topological polar surface area (TPSA) is 53.1 Å². The van der Waals surface area contributed by atoms with E-state index in [0.29, 0.717) is 32.0 Å². The molecule has 2 aliphatic rings. The fourth-order valence-corrected chi connectivity index (χ4v) is 4.41. The molecule has 0 saturated carbocycles. The Hall–Kier alpha value is -3.02. The fourth-order valence-electron chi connectivity index (χ4n) is 4.41. The molecule has 0 aromatic heterocycles. The average Bonchev–Trinajstić information content (AvgIpc) is 3.16. The molecule has 0 bridgehead atoms. The van der Waals surface area contributed by atoms with Crippen LogP contribution in [0.2, 0.25) is 0 Å². The lowest BCUT2D eigenvalue weighted by Crippen LogP contribution is -2.50. The molecule has 158 valence electrons. The van der Waals surface area contributed by atoms with Gasteiger partial charge in [0.05, 0.1) is 18.2 Å². The molecule has 2 amide bonds. The highest BCUT2D eigenvalue weighted by Crippen LogP contribution is 2.33. The maximum atomic E-state index is 13.1. The predicted molar refractivity (Wildman–Crippen MR) is 118 cm³/mol. The number of benzene rings is 2. The number of rotatable bonds is 5. The van der Waals surface area contributed by atoms with E-state index in [1.807, 2.05) is 42.2 Å². The summed E-state index contributed by atoms with van der Waals surface area (Å²) in [7, 11) is 0. The first-order valence-corrected chi connectivity index (χ1v) is 10.7. The van der Waals surface area contributed by atoms with Crippen LogP contribution in [0.1, 0.15) is 18.9 Å². The SMILES string of the molecule is CCOc1ccccc1N1C[C@H](C(=O)N2CCN(c3ccccc3C)CC2)CC1=O. The third-order valence-corrected chi connectivity index (χ3v) is 5.98. The van der Waals surface area contributed by atoms with Crippen molar-refractivity contribution in [2.45, 2.75) is 20.3 Å². The van der Waals surface area contributed by atoms with Crippen molar-refractivity contribution >= 4 is 23.2 Å². The molecule has 2 heterocycles. The summed E-state index contributed by atoms with van der Waals surface area (Å²) in [6, 6.07) is 15.9. The molecular weight excluding hydrogens is 378 g/mol. The van der Waals surface area contributed by atoms with Gasteiger partial charge in [0, 0.05) is 44.8 Å². The Bertz CT molecular complexity index is 921. The van der Waals surface area contributed by atoms with Gasteiger partial charge in [0.2, 0.25) is 11.8 Å². The van der Waals surface area contributed by atoms with Gasteiger partial charge < -0.3 is 19.4 Å². The molecule has 0 N–H and O–H groups in total. The minimum Gasteiger partial charge on any atom is -0.492 e. The highest BCUT2D eigenvalue weighted by molar-refractivity contribution is 6.01. The number of hydrogen-bond donors (Lipinski definition) is 0. The first-order valence-electron chi connectivity index (χ1n) is 10.7. The average molecular weight is 408 g/mol. The fraction of sp³-hybridized carbons (Fsp3) is 0.417. The number of nitrogens with zero attached hydrogens (tertiary/aromatic N) is 3. The number of carbonyl (C=O) groups excluding carboxylic acids is 2. The second kappa shape index (κ2) is 8.78. The van der Waals surface area contributed by atoms with E-state index in [4.69, 9.17) is 4.74 Å². The van der Waals surface area contributed by atoms with Crippen LogP contribution in [0, 0.1) is 12.8 Å². The molecule has 6 nitrogen and oxygen atoms in total. The lowest BCUT2D eigenvalue weighted by atomic mass is 10.1. The molecule has 2 fully saturated rings. The van der Waals surface area contributed by atoms with Gasteiger partial charge in [-0.25, -0.2) is 0 Å². The number of aryl methyl sites for hydroxylation is 1. The Kier molecular flexibility index (Phi) is 5.93. The molecule has 1 atom stereocenters. The maximum absolute atomic E-state index is 13.1. The Morgan fingerprint density at radius 3 is 2.37 bits per heavy atom. The largest absolute Gasteiger partial charge is 0.492 e. The molecule has 4 rings (SSSR count). The number of hydrogen-bond acceptors (Lipinski definition) is 4. The van der Waals surface area contributed by atoms with E-state index in [2.05, 4.69) is 30.0 Å². The lowest BCUT2D eigenvalue weighted by Gasteiger charge is -2.37. The van der Waals surface area contributed by atoms with E-state index >= 15 is 0 Å². The van der Waals surface area contributed by atoms with Crippen molar-refractivity contribution in [1.82, 2.24) is 4.90 Å². The van der Waals surface area contributed by atoms with Crippen LogP contribution in [-0.4, -0.2) is 56.0 Å². The van der Waals surface area contributed by atoms with E-state index < -0.39 is 0 Å². The summed E-state index contributed by atoms with van der Waals surface area (Å²) in [5.41, 5.74) is 3.24. The first kappa shape index (κ1) is 20.3. The molecular formula is C24H29N3O3. The molecule has 2 aromatic carbocycles. The van der Waals surface area contributed by atoms with E-state index in [1.165, 1.54) is 11.3 Å². The van der Waals surface area contributed by atoms with Crippen LogP contribution in [0.3, 0.4) is 0 Å². The molecule has 0 radical (unpaired) electrons. The summed E-state index contributed by atoms with van der Waals surface area (Å²) in [4.78, 5) is 31.8. The van der Waals surface area contributed by atoms with E-state index in [1.54, 1.807) is 4.90 Å². The summed E-state index contributed by atoms with van der Waals surface area (Å²) >= 11 is 0. The van der Waals surface area contributed by atoms with Gasteiger partial charge in [-0.15, -0.1) is 0 Å². The molecule has 2 saturated heterocycles. The minimum atomic E-state index is -0.294. The zero-order chi connectivity index (χ0) is 21.1. The van der Waals surface area contributed by atoms with Gasteiger partial charge in [-0.3, -0.25) is 9.59 Å². The highest BCUT2D eigenvalue weighted by Gasteiger charge is 2.38. The van der Waals surface area contributed by atoms with Crippen LogP contribution in [0.25, 0.3) is 0 Å². The third kappa shape index (κ3) is 3.99. The van der Waals surface area contributed by atoms with Gasteiger partial charge in [0.1, 0.15) is 5.75 Å². The maximum Gasteiger partial charge on any atom is 0.228 e. The number of ether oxygens (including phenoxy) is 1. The van der Waals surface area contributed by atoms with Crippen LogP contribution < -0.4 is 14.5 Å². The zero-order valence-electron chi connectivity index (χ0n) is 17.7. The van der Waals surface area contributed by atoms with Gasteiger partial charge in [-0.05, 0) is 37.6 Å². The van der Waals surface area contributed by atoms with Crippen molar-refractivity contribution in [3.8, 4) is 5.75 Å². The van der Waals surface area contributed by atoms with Crippen LogP contribution >= 0.6 is 0 Å². The molecule has 30 heavy (non-hydrogen) atoms. The lowest BCUT2D eigenvalue weighted by molar-refractivity contribution is -0.136. The molecule has 0 aliphatic carbocycles. The standard InChI is InChI=1S/C24H29N3O3/c1-3-30-22-11-7-6-10-21(22)27-17-19(16-23(27)28)24(29)26-14-12-25(13-15-26)20-9-5-4-8-18(20)2/h4-11,19H,3,12-17H2,1-2H3/t19-/m1/s1. The first-order chi connectivity index (χ1) is 14.6. The minimum absolute atomic E-state index is 0.0148. The highest BCUT2D eigenvalue weighted by atomic mass is 16.5. The van der Waals surface area contributed by atoms with Crippen molar-refractivity contribution in [2.75, 3.05) is 49.1 Å². The Labute approximate surface area is 178 Å². The van der Waals surface area contributed by atoms with Crippen LogP contribution in [-0.2, 0) is 9.59 Å². The number of carbonyl (C=O) groups is 2. The normalized spacial score (nSPS) is 19.3. The summed E-state index contributed by atoms with van der Waals surface area (Å²) in [6.07, 6.45) is 0.261. The monoisotopic (exact) mass is 407 g/mol. The Balaban J connectivity index is 1.40. The number of piperazine rings is 1. The Morgan fingerprint density at radius 2 is 1.67 bits per heavy atom. The van der Waals surface area contributed by atoms with Crippen LogP contribution in [0.15, 0.2) is 48.5 Å². The quantitative estimate of drug-likeness (QED) is 0.764. The van der Waals surface area contributed by atoms with Crippen molar-refractivity contribution in [2.24, 2.45) is 5.92 Å². The third-order valence-electron chi connectivity index (χ3n) is 5.98. The molecule has 0 unspecified atom stereocenters. The van der Waals surface area contributed by atoms with Gasteiger partial charge in [-0.2, -0.15) is 0 Å². The summed E-state index contributed by atoms with van der Waals surface area (Å²) in [5, 5.41) is 0. The van der Waals surface area contributed by atoms with Crippen molar-refractivity contribution in [1.29, 1.82) is 0 Å². The molecule has 0 spiro atoms. The van der Waals surface area contributed by atoms with Gasteiger partial charge in [0.15, 0.2) is 0 Å². The Morgan fingerprint density at radius 1 is 1.00 bits per heavy atom. The van der Waals surface area contributed by atoms with E-state index in [-0.39, 0.29) is 24.2 Å². The molecule has 2 aromatic rings.